The summed E-state index contributed by atoms with van der Waals surface area (Å²) in [6.45, 7) is 13.6. The van der Waals surface area contributed by atoms with Crippen molar-refractivity contribution in [2.24, 2.45) is 0 Å². The van der Waals surface area contributed by atoms with Crippen LogP contribution in [0.15, 0.2) is 30.3 Å². The molecule has 0 amide bonds. The Morgan fingerprint density at radius 2 is 0.929 bits per heavy atom. The van der Waals surface area contributed by atoms with E-state index in [9.17, 15) is 0 Å². The Labute approximate surface area is 109 Å². The second kappa shape index (κ2) is 15.9. The van der Waals surface area contributed by atoms with Gasteiger partial charge in [0.25, 0.3) is 0 Å². The van der Waals surface area contributed by atoms with Crippen LogP contribution in [0.4, 0.5) is 0 Å². The zero-order valence-electron chi connectivity index (χ0n) is 10.4. The molecule has 0 aliphatic heterocycles. The van der Waals surface area contributed by atoms with Gasteiger partial charge in [0.2, 0.25) is 0 Å². The van der Waals surface area contributed by atoms with E-state index < -0.39 is 0 Å². The predicted molar refractivity (Wildman–Crippen MR) is 68.7 cm³/mol. The van der Waals surface area contributed by atoms with Crippen LogP contribution in [0.1, 0.15) is 0 Å². The molecule has 0 aliphatic carbocycles. The molecule has 0 saturated heterocycles. The van der Waals surface area contributed by atoms with E-state index >= 15 is 0 Å². The third-order valence-corrected chi connectivity index (χ3v) is 0.556. The van der Waals surface area contributed by atoms with E-state index in [1.807, 2.05) is 30.3 Å². The summed E-state index contributed by atoms with van der Waals surface area (Å²) in [5.41, 5.74) is 0. The summed E-state index contributed by atoms with van der Waals surface area (Å²) in [6.07, 6.45) is 0. The molecular weight excluding hydrogens is 236 g/mol. The summed E-state index contributed by atoms with van der Waals surface area (Å²) in [6, 6.07) is 10.0. The van der Waals surface area contributed by atoms with Crippen molar-refractivity contribution < 1.29 is 21.7 Å². The van der Waals surface area contributed by atoms with Gasteiger partial charge in [0.15, 0.2) is 0 Å². The molecule has 0 unspecified atom stereocenters. The molecule has 14 heavy (non-hydrogen) atoms. The Morgan fingerprint density at radius 1 is 0.714 bits per heavy atom. The van der Waals surface area contributed by atoms with Crippen molar-refractivity contribution in [1.29, 1.82) is 0 Å². The van der Waals surface area contributed by atoms with E-state index in [0.717, 1.165) is 0 Å². The van der Waals surface area contributed by atoms with Crippen molar-refractivity contribution >= 4 is 17.6 Å². The summed E-state index contributed by atoms with van der Waals surface area (Å²) in [5.74, 6) is 0. The van der Waals surface area contributed by atoms with Gasteiger partial charge in [-0.05, 0) is 0 Å². The molecule has 0 saturated carbocycles. The first-order valence-corrected chi connectivity index (χ1v) is 10.7. The van der Waals surface area contributed by atoms with Gasteiger partial charge in [-0.3, -0.25) is 0 Å². The molecule has 3 heteroatoms. The van der Waals surface area contributed by atoms with E-state index in [-0.39, 0.29) is 39.3 Å². The summed E-state index contributed by atoms with van der Waals surface area (Å²) in [7, 11) is 0.241. The Hall–Kier alpha value is 0.498. The molecular formula is C11H23Si2Ti-. The van der Waals surface area contributed by atoms with Crippen LogP contribution in [0.2, 0.25) is 39.3 Å². The first kappa shape index (κ1) is 20.0. The van der Waals surface area contributed by atoms with Crippen LogP contribution in [0.3, 0.4) is 0 Å². The van der Waals surface area contributed by atoms with E-state index in [1.54, 1.807) is 0 Å². The molecule has 1 rings (SSSR count). The first-order chi connectivity index (χ1) is 5.96. The molecule has 0 bridgehead atoms. The van der Waals surface area contributed by atoms with Gasteiger partial charge < -0.3 is 0 Å². The zero-order valence-corrected chi connectivity index (χ0v) is 13.9. The van der Waals surface area contributed by atoms with Gasteiger partial charge >= 0.3 is 0 Å². The van der Waals surface area contributed by atoms with E-state index in [2.05, 4.69) is 39.3 Å². The molecule has 0 aromatic heterocycles. The SMILES string of the molecule is C[Si](C)C.C[Si](C)C.[Ti].c1cc[cH-]c1. The largest absolute Gasteiger partial charge is 0.214 e. The number of rotatable bonds is 0. The molecule has 2 radical (unpaired) electrons. The second-order valence-corrected chi connectivity index (χ2v) is 9.96. The smallest absolute Gasteiger partial charge is 0.0379 e. The molecule has 0 fully saturated rings. The molecule has 0 atom stereocenters. The van der Waals surface area contributed by atoms with Crippen LogP contribution in [0.25, 0.3) is 0 Å². The molecule has 1 aromatic rings. The zero-order chi connectivity index (χ0) is 10.7. The molecule has 0 N–H and O–H groups in total. The van der Waals surface area contributed by atoms with Crippen LogP contribution in [0.5, 0.6) is 0 Å². The van der Waals surface area contributed by atoms with Crippen molar-refractivity contribution in [3.05, 3.63) is 30.3 Å². The topological polar surface area (TPSA) is 0 Å². The number of hydrogen-bond acceptors (Lipinski definition) is 0. The molecule has 0 heterocycles. The van der Waals surface area contributed by atoms with Gasteiger partial charge in [-0.15, -0.1) is 0 Å². The Bertz CT molecular complexity index is 120. The minimum absolute atomic E-state index is 0. The minimum Gasteiger partial charge on any atom is -0.214 e. The van der Waals surface area contributed by atoms with Gasteiger partial charge in [-0.2, -0.15) is 18.2 Å². The Kier molecular flexibility index (Phi) is 22.8. The van der Waals surface area contributed by atoms with Crippen LogP contribution < -0.4 is 0 Å². The molecule has 1 aromatic carbocycles. The van der Waals surface area contributed by atoms with E-state index in [1.165, 1.54) is 0 Å². The molecule has 0 nitrogen and oxygen atoms in total. The van der Waals surface area contributed by atoms with Crippen LogP contribution in [-0.4, -0.2) is 17.6 Å². The normalized spacial score (nSPS) is 8.00. The fraction of sp³-hybridized carbons (Fsp3) is 0.545. The third kappa shape index (κ3) is 54.7. The second-order valence-electron chi connectivity index (χ2n) is 3.96. The first-order valence-electron chi connectivity index (χ1n) is 4.67. The fourth-order valence-electron chi connectivity index (χ4n) is 0.321. The summed E-state index contributed by atoms with van der Waals surface area (Å²) < 4.78 is 0. The van der Waals surface area contributed by atoms with Gasteiger partial charge in [-0.1, -0.05) is 39.3 Å². The average Bonchev–Trinajstić information content (AvgIpc) is 2.35. The maximum atomic E-state index is 2.27. The number of hydrogen-bond donors (Lipinski definition) is 0. The summed E-state index contributed by atoms with van der Waals surface area (Å²) in [4.78, 5) is 0. The molecule has 80 valence electrons. The van der Waals surface area contributed by atoms with Crippen LogP contribution in [-0.2, 0) is 21.7 Å². The minimum atomic E-state index is 0. The molecule has 0 spiro atoms. The van der Waals surface area contributed by atoms with Crippen molar-refractivity contribution in [1.82, 2.24) is 0 Å². The Balaban J connectivity index is -0.000000127. The van der Waals surface area contributed by atoms with Crippen molar-refractivity contribution in [2.45, 2.75) is 39.3 Å². The predicted octanol–water partition coefficient (Wildman–Crippen LogP) is 4.14. The van der Waals surface area contributed by atoms with Gasteiger partial charge in [0, 0.05) is 39.3 Å². The monoisotopic (exact) mass is 259 g/mol. The van der Waals surface area contributed by atoms with Gasteiger partial charge in [0.1, 0.15) is 0 Å². The average molecular weight is 259 g/mol. The van der Waals surface area contributed by atoms with Crippen LogP contribution >= 0.6 is 0 Å². The summed E-state index contributed by atoms with van der Waals surface area (Å²) >= 11 is 0. The standard InChI is InChI=1S/C5H5.2C3H9Si.Ti/c1-2-4-5-3-1;2*1-4(2)3;/h1-5H;2*1-3H3;/q-1;;;. The van der Waals surface area contributed by atoms with Gasteiger partial charge in [0.05, 0.1) is 0 Å². The van der Waals surface area contributed by atoms with E-state index in [4.69, 9.17) is 0 Å². The van der Waals surface area contributed by atoms with Crippen molar-refractivity contribution in [3.63, 3.8) is 0 Å². The molecule has 0 aliphatic rings. The maximum Gasteiger partial charge on any atom is 0.0379 e. The maximum absolute atomic E-state index is 2.27. The summed E-state index contributed by atoms with van der Waals surface area (Å²) in [5, 5.41) is 0. The van der Waals surface area contributed by atoms with Gasteiger partial charge in [-0.25, -0.2) is 12.1 Å². The Morgan fingerprint density at radius 3 is 1.00 bits per heavy atom. The quantitative estimate of drug-likeness (QED) is 0.485. The third-order valence-electron chi connectivity index (χ3n) is 0.556. The van der Waals surface area contributed by atoms with Crippen molar-refractivity contribution in [3.8, 4) is 0 Å². The van der Waals surface area contributed by atoms with Crippen LogP contribution in [0, 0.1) is 0 Å². The van der Waals surface area contributed by atoms with Crippen molar-refractivity contribution in [2.75, 3.05) is 0 Å². The fourth-order valence-corrected chi connectivity index (χ4v) is 0.321. The van der Waals surface area contributed by atoms with E-state index in [0.29, 0.717) is 0 Å².